The number of amides is 1. The number of hydrogen-bond acceptors (Lipinski definition) is 4. The number of nitrogens with one attached hydrogen (secondary N) is 1. The average molecular weight is 389 g/mol. The summed E-state index contributed by atoms with van der Waals surface area (Å²) in [5.41, 5.74) is 4.93. The van der Waals surface area contributed by atoms with E-state index in [1.807, 2.05) is 32.0 Å². The van der Waals surface area contributed by atoms with Crippen molar-refractivity contribution in [3.8, 4) is 16.9 Å². The molecule has 148 valence electrons. The van der Waals surface area contributed by atoms with Crippen LogP contribution in [0.1, 0.15) is 28.4 Å². The number of benzene rings is 3. The fourth-order valence-electron chi connectivity index (χ4n) is 2.92. The summed E-state index contributed by atoms with van der Waals surface area (Å²) >= 11 is 0. The maximum Gasteiger partial charge on any atom is 0.338 e. The minimum Gasteiger partial charge on any atom is -0.508 e. The van der Waals surface area contributed by atoms with E-state index in [0.717, 1.165) is 22.3 Å². The first kappa shape index (κ1) is 20.1. The maximum absolute atomic E-state index is 12.4. The summed E-state index contributed by atoms with van der Waals surface area (Å²) in [6, 6.07) is 19.4. The van der Waals surface area contributed by atoms with Crippen LogP contribution in [0.15, 0.2) is 66.7 Å². The molecule has 3 aromatic carbocycles. The summed E-state index contributed by atoms with van der Waals surface area (Å²) in [6.45, 7) is 5.44. The Morgan fingerprint density at radius 1 is 0.897 bits per heavy atom. The van der Waals surface area contributed by atoms with Crippen LogP contribution in [0.4, 0.5) is 5.69 Å². The third-order valence-electron chi connectivity index (χ3n) is 4.61. The molecule has 0 bridgehead atoms. The average Bonchev–Trinajstić information content (AvgIpc) is 2.70. The molecule has 5 nitrogen and oxygen atoms in total. The van der Waals surface area contributed by atoms with Gasteiger partial charge in [-0.2, -0.15) is 0 Å². The summed E-state index contributed by atoms with van der Waals surface area (Å²) in [6.07, 6.45) is -0.931. The van der Waals surface area contributed by atoms with Gasteiger partial charge in [0, 0.05) is 5.69 Å². The van der Waals surface area contributed by atoms with Crippen LogP contribution in [-0.2, 0) is 9.53 Å². The SMILES string of the molecule is Cc1ccc(NC(=O)[C@H](C)OC(=O)c2ccc(-c3ccc(O)cc3)cc2)c(C)c1. The molecule has 1 amide bonds. The summed E-state index contributed by atoms with van der Waals surface area (Å²) < 4.78 is 5.31. The van der Waals surface area contributed by atoms with E-state index in [1.165, 1.54) is 0 Å². The van der Waals surface area contributed by atoms with Crippen LogP contribution < -0.4 is 5.32 Å². The van der Waals surface area contributed by atoms with Gasteiger partial charge in [-0.3, -0.25) is 4.79 Å². The Kier molecular flexibility index (Phi) is 5.98. The van der Waals surface area contributed by atoms with Gasteiger partial charge < -0.3 is 15.2 Å². The lowest BCUT2D eigenvalue weighted by atomic mass is 10.0. The predicted octanol–water partition coefficient (Wildman–Crippen LogP) is 4.86. The second kappa shape index (κ2) is 8.61. The van der Waals surface area contributed by atoms with Crippen LogP contribution in [-0.4, -0.2) is 23.1 Å². The molecule has 0 aliphatic carbocycles. The van der Waals surface area contributed by atoms with Crippen LogP contribution in [0, 0.1) is 13.8 Å². The second-order valence-electron chi connectivity index (χ2n) is 6.98. The number of carbonyl (C=O) groups excluding carboxylic acids is 2. The highest BCUT2D eigenvalue weighted by Gasteiger charge is 2.19. The van der Waals surface area contributed by atoms with Crippen molar-refractivity contribution in [1.82, 2.24) is 0 Å². The molecule has 0 aliphatic heterocycles. The number of hydrogen-bond donors (Lipinski definition) is 2. The highest BCUT2D eigenvalue weighted by Crippen LogP contribution is 2.22. The zero-order chi connectivity index (χ0) is 21.0. The van der Waals surface area contributed by atoms with Crippen molar-refractivity contribution >= 4 is 17.6 Å². The van der Waals surface area contributed by atoms with E-state index >= 15 is 0 Å². The first-order chi connectivity index (χ1) is 13.8. The molecule has 0 spiro atoms. The van der Waals surface area contributed by atoms with Crippen molar-refractivity contribution in [1.29, 1.82) is 0 Å². The van der Waals surface area contributed by atoms with Crippen molar-refractivity contribution in [3.63, 3.8) is 0 Å². The molecule has 0 fully saturated rings. The largest absolute Gasteiger partial charge is 0.508 e. The third kappa shape index (κ3) is 5.02. The van der Waals surface area contributed by atoms with Crippen LogP contribution >= 0.6 is 0 Å². The summed E-state index contributed by atoms with van der Waals surface area (Å²) in [7, 11) is 0. The monoisotopic (exact) mass is 389 g/mol. The number of aryl methyl sites for hydroxylation is 2. The van der Waals surface area contributed by atoms with E-state index < -0.39 is 12.1 Å². The number of ether oxygens (including phenoxy) is 1. The molecule has 29 heavy (non-hydrogen) atoms. The van der Waals surface area contributed by atoms with E-state index in [-0.39, 0.29) is 11.7 Å². The van der Waals surface area contributed by atoms with Gasteiger partial charge in [0.05, 0.1) is 5.56 Å². The minimum absolute atomic E-state index is 0.196. The molecular weight excluding hydrogens is 366 g/mol. The lowest BCUT2D eigenvalue weighted by Crippen LogP contribution is -2.30. The summed E-state index contributed by atoms with van der Waals surface area (Å²) in [5, 5.41) is 12.2. The Bertz CT molecular complexity index is 1020. The second-order valence-corrected chi connectivity index (χ2v) is 6.98. The molecule has 0 heterocycles. The molecule has 3 aromatic rings. The molecule has 5 heteroatoms. The zero-order valence-corrected chi connectivity index (χ0v) is 16.6. The van der Waals surface area contributed by atoms with Crippen LogP contribution in [0.25, 0.3) is 11.1 Å². The lowest BCUT2D eigenvalue weighted by molar-refractivity contribution is -0.123. The molecule has 0 saturated heterocycles. The normalized spacial score (nSPS) is 11.6. The number of carbonyl (C=O) groups is 2. The minimum atomic E-state index is -0.931. The fourth-order valence-corrected chi connectivity index (χ4v) is 2.92. The summed E-state index contributed by atoms with van der Waals surface area (Å²) in [5.74, 6) is -0.751. The quantitative estimate of drug-likeness (QED) is 0.611. The van der Waals surface area contributed by atoms with Crippen molar-refractivity contribution in [3.05, 3.63) is 83.4 Å². The fraction of sp³-hybridized carbons (Fsp3) is 0.167. The van der Waals surface area contributed by atoms with E-state index in [9.17, 15) is 14.7 Å². The maximum atomic E-state index is 12.4. The van der Waals surface area contributed by atoms with Crippen LogP contribution in [0.3, 0.4) is 0 Å². The van der Waals surface area contributed by atoms with Crippen molar-refractivity contribution in [2.45, 2.75) is 26.9 Å². The highest BCUT2D eigenvalue weighted by atomic mass is 16.5. The lowest BCUT2D eigenvalue weighted by Gasteiger charge is -2.15. The molecule has 0 aliphatic rings. The van der Waals surface area contributed by atoms with E-state index in [4.69, 9.17) is 4.74 Å². The van der Waals surface area contributed by atoms with Gasteiger partial charge in [-0.15, -0.1) is 0 Å². The number of anilines is 1. The van der Waals surface area contributed by atoms with Gasteiger partial charge in [-0.1, -0.05) is 42.0 Å². The van der Waals surface area contributed by atoms with Crippen LogP contribution in [0.5, 0.6) is 5.75 Å². The molecule has 0 unspecified atom stereocenters. The van der Waals surface area contributed by atoms with Gasteiger partial charge in [0.1, 0.15) is 5.75 Å². The van der Waals surface area contributed by atoms with E-state index in [2.05, 4.69) is 5.32 Å². The Morgan fingerprint density at radius 2 is 1.48 bits per heavy atom. The molecule has 2 N–H and O–H groups in total. The van der Waals surface area contributed by atoms with Crippen molar-refractivity contribution in [2.75, 3.05) is 5.32 Å². The van der Waals surface area contributed by atoms with Gasteiger partial charge in [0.25, 0.3) is 5.91 Å². The number of rotatable bonds is 5. The van der Waals surface area contributed by atoms with E-state index in [0.29, 0.717) is 11.3 Å². The number of phenolic OH excluding ortho intramolecular Hbond substituents is 1. The Morgan fingerprint density at radius 3 is 2.07 bits per heavy atom. The zero-order valence-electron chi connectivity index (χ0n) is 16.6. The number of phenols is 1. The number of esters is 1. The van der Waals surface area contributed by atoms with E-state index in [1.54, 1.807) is 55.5 Å². The first-order valence-corrected chi connectivity index (χ1v) is 9.32. The van der Waals surface area contributed by atoms with Crippen molar-refractivity contribution < 1.29 is 19.4 Å². The smallest absolute Gasteiger partial charge is 0.338 e. The Hall–Kier alpha value is -3.60. The predicted molar refractivity (Wildman–Crippen MR) is 113 cm³/mol. The third-order valence-corrected chi connectivity index (χ3v) is 4.61. The van der Waals surface area contributed by atoms with Gasteiger partial charge in [-0.25, -0.2) is 4.79 Å². The van der Waals surface area contributed by atoms with Gasteiger partial charge in [0.15, 0.2) is 6.10 Å². The molecule has 0 radical (unpaired) electrons. The first-order valence-electron chi connectivity index (χ1n) is 9.32. The molecular formula is C24H23NO4. The Labute approximate surface area is 170 Å². The van der Waals surface area contributed by atoms with Crippen LogP contribution in [0.2, 0.25) is 0 Å². The molecule has 0 saturated carbocycles. The molecule has 3 rings (SSSR count). The number of aromatic hydroxyl groups is 1. The topological polar surface area (TPSA) is 75.6 Å². The van der Waals surface area contributed by atoms with Gasteiger partial charge in [0.2, 0.25) is 0 Å². The van der Waals surface area contributed by atoms with Crippen molar-refractivity contribution in [2.24, 2.45) is 0 Å². The highest BCUT2D eigenvalue weighted by molar-refractivity contribution is 5.97. The Balaban J connectivity index is 1.62. The summed E-state index contributed by atoms with van der Waals surface area (Å²) in [4.78, 5) is 24.8. The van der Waals surface area contributed by atoms with Gasteiger partial charge in [-0.05, 0) is 67.8 Å². The standard InChI is InChI=1S/C24H23NO4/c1-15-4-13-22(16(2)14-15)25-23(27)17(3)29-24(28)20-7-5-18(6-8-20)19-9-11-21(26)12-10-19/h4-14,17,26H,1-3H3,(H,25,27)/t17-/m0/s1. The molecule has 1 atom stereocenters. The molecule has 0 aromatic heterocycles. The van der Waals surface area contributed by atoms with Gasteiger partial charge >= 0.3 is 5.97 Å².